The molecule has 0 unspecified atom stereocenters. The summed E-state index contributed by atoms with van der Waals surface area (Å²) in [6, 6.07) is 6.28. The molecule has 0 bridgehead atoms. The Balaban J connectivity index is 2.19. The number of thiophene rings is 1. The fraction of sp³-hybridized carbons (Fsp3) is 0. The lowest BCUT2D eigenvalue weighted by Crippen LogP contribution is -1.87. The Hall–Kier alpha value is -1.97. The van der Waals surface area contributed by atoms with Crippen LogP contribution in [0.3, 0.4) is 0 Å². The lowest BCUT2D eigenvalue weighted by atomic mass is 10.3. The number of rotatable bonds is 2. The summed E-state index contributed by atoms with van der Waals surface area (Å²) in [6.07, 6.45) is 6.99. The molecule has 4 nitrogen and oxygen atoms in total. The minimum Gasteiger partial charge on any atom is -0.314 e. The first kappa shape index (κ1) is 10.2. The Labute approximate surface area is 105 Å². The Morgan fingerprint density at radius 3 is 3.12 bits per heavy atom. The largest absolute Gasteiger partial charge is 0.314 e. The second kappa shape index (κ2) is 4.13. The standard InChI is InChI=1S/C11H6N4S2/c1-2-12-7-3-4-13-8-5-10(17-11(7)8)9-6-16-15-14-9/h1,3-6H,(H,12,13). The predicted molar refractivity (Wildman–Crippen MR) is 71.0 cm³/mol. The van der Waals surface area contributed by atoms with Crippen LogP contribution in [0.1, 0.15) is 0 Å². The van der Waals surface area contributed by atoms with E-state index >= 15 is 0 Å². The topological polar surface area (TPSA) is 50.7 Å². The fourth-order valence-corrected chi connectivity index (χ4v) is 3.08. The molecule has 0 aliphatic rings. The second-order valence-corrected chi connectivity index (χ2v) is 4.91. The zero-order chi connectivity index (χ0) is 11.7. The van der Waals surface area contributed by atoms with Gasteiger partial charge in [0, 0.05) is 17.6 Å². The van der Waals surface area contributed by atoms with Crippen molar-refractivity contribution >= 4 is 38.8 Å². The molecule has 0 saturated heterocycles. The van der Waals surface area contributed by atoms with Crippen molar-refractivity contribution < 1.29 is 0 Å². The first-order chi connectivity index (χ1) is 8.38. The second-order valence-electron chi connectivity index (χ2n) is 3.24. The molecule has 6 heteroatoms. The van der Waals surface area contributed by atoms with Crippen LogP contribution >= 0.6 is 22.9 Å². The average molecular weight is 258 g/mol. The maximum absolute atomic E-state index is 5.26. The van der Waals surface area contributed by atoms with Crippen molar-refractivity contribution in [1.29, 1.82) is 0 Å². The van der Waals surface area contributed by atoms with Gasteiger partial charge in [-0.1, -0.05) is 10.9 Å². The van der Waals surface area contributed by atoms with Crippen LogP contribution in [-0.2, 0) is 0 Å². The zero-order valence-corrected chi connectivity index (χ0v) is 10.2. The van der Waals surface area contributed by atoms with Gasteiger partial charge in [-0.3, -0.25) is 4.98 Å². The highest BCUT2D eigenvalue weighted by Crippen LogP contribution is 2.35. The van der Waals surface area contributed by atoms with Crippen LogP contribution in [0, 0.1) is 12.5 Å². The molecule has 0 spiro atoms. The molecule has 0 aliphatic carbocycles. The number of hydrogen-bond donors (Lipinski definition) is 1. The third-order valence-corrected chi connectivity index (χ3v) is 3.92. The molecule has 0 saturated carbocycles. The number of nitrogens with one attached hydrogen (secondary N) is 1. The van der Waals surface area contributed by atoms with Gasteiger partial charge < -0.3 is 5.32 Å². The number of terminal acetylenes is 1. The Bertz CT molecular complexity index is 694. The highest BCUT2D eigenvalue weighted by molar-refractivity contribution is 7.23. The lowest BCUT2D eigenvalue weighted by Gasteiger charge is -1.97. The summed E-state index contributed by atoms with van der Waals surface area (Å²) in [5, 5.41) is 8.84. The molecule has 3 aromatic heterocycles. The van der Waals surface area contributed by atoms with Crippen LogP contribution in [0.5, 0.6) is 0 Å². The smallest absolute Gasteiger partial charge is 0.115 e. The van der Waals surface area contributed by atoms with Crippen LogP contribution < -0.4 is 5.32 Å². The molecule has 0 aromatic carbocycles. The fourth-order valence-electron chi connectivity index (χ4n) is 1.51. The first-order valence-electron chi connectivity index (χ1n) is 4.76. The van der Waals surface area contributed by atoms with Gasteiger partial charge in [0.2, 0.25) is 0 Å². The maximum atomic E-state index is 5.26. The van der Waals surface area contributed by atoms with Crippen LogP contribution in [0.25, 0.3) is 20.8 Å². The molecule has 82 valence electrons. The van der Waals surface area contributed by atoms with Crippen molar-refractivity contribution in [3.63, 3.8) is 0 Å². The maximum Gasteiger partial charge on any atom is 0.115 e. The van der Waals surface area contributed by atoms with Crippen molar-refractivity contribution in [2.75, 3.05) is 5.32 Å². The van der Waals surface area contributed by atoms with E-state index in [1.807, 2.05) is 17.5 Å². The van der Waals surface area contributed by atoms with Crippen LogP contribution in [0.15, 0.2) is 23.7 Å². The summed E-state index contributed by atoms with van der Waals surface area (Å²) >= 11 is 2.94. The van der Waals surface area contributed by atoms with E-state index in [2.05, 4.69) is 25.9 Å². The van der Waals surface area contributed by atoms with Crippen molar-refractivity contribution in [2.24, 2.45) is 0 Å². The third kappa shape index (κ3) is 1.75. The summed E-state index contributed by atoms with van der Waals surface area (Å²) < 4.78 is 4.89. The normalized spacial score (nSPS) is 10.3. The van der Waals surface area contributed by atoms with E-state index in [0.29, 0.717) is 0 Å². The molecule has 3 aromatic rings. The van der Waals surface area contributed by atoms with Gasteiger partial charge in [0.15, 0.2) is 0 Å². The summed E-state index contributed by atoms with van der Waals surface area (Å²) in [5.74, 6) is 0. The predicted octanol–water partition coefficient (Wildman–Crippen LogP) is 2.82. The first-order valence-corrected chi connectivity index (χ1v) is 6.41. The molecular weight excluding hydrogens is 252 g/mol. The average Bonchev–Trinajstić information content (AvgIpc) is 2.98. The van der Waals surface area contributed by atoms with E-state index in [9.17, 15) is 0 Å². The number of fused-ring (bicyclic) bond motifs is 1. The summed E-state index contributed by atoms with van der Waals surface area (Å²) in [6.45, 7) is 0. The summed E-state index contributed by atoms with van der Waals surface area (Å²) in [4.78, 5) is 5.36. The van der Waals surface area contributed by atoms with Crippen LogP contribution in [-0.4, -0.2) is 14.6 Å². The van der Waals surface area contributed by atoms with E-state index in [-0.39, 0.29) is 0 Å². The Morgan fingerprint density at radius 1 is 1.41 bits per heavy atom. The van der Waals surface area contributed by atoms with Gasteiger partial charge in [-0.15, -0.1) is 16.4 Å². The van der Waals surface area contributed by atoms with Gasteiger partial charge in [-0.05, 0) is 23.7 Å². The van der Waals surface area contributed by atoms with Gasteiger partial charge in [0.05, 0.1) is 20.8 Å². The highest BCUT2D eigenvalue weighted by Gasteiger charge is 2.10. The molecular formula is C11H6N4S2. The number of pyridine rings is 1. The molecule has 0 aliphatic heterocycles. The van der Waals surface area contributed by atoms with Crippen LogP contribution in [0.2, 0.25) is 0 Å². The molecule has 0 fully saturated rings. The molecule has 3 heterocycles. The minimum absolute atomic E-state index is 0.879. The van der Waals surface area contributed by atoms with Gasteiger partial charge in [-0.25, -0.2) is 0 Å². The van der Waals surface area contributed by atoms with E-state index < -0.39 is 0 Å². The van der Waals surface area contributed by atoms with E-state index in [1.165, 1.54) is 11.5 Å². The summed E-state index contributed by atoms with van der Waals surface area (Å²) in [7, 11) is 0. The van der Waals surface area contributed by atoms with Gasteiger partial charge in [-0.2, -0.15) is 0 Å². The van der Waals surface area contributed by atoms with Gasteiger partial charge >= 0.3 is 0 Å². The number of hydrogen-bond acceptors (Lipinski definition) is 6. The SMILES string of the molecule is C#CNc1ccnc2cc(-c3csnn3)sc12. The Morgan fingerprint density at radius 2 is 2.35 bits per heavy atom. The summed E-state index contributed by atoms with van der Waals surface area (Å²) in [5.41, 5.74) is 2.69. The minimum atomic E-state index is 0.879. The molecule has 0 atom stereocenters. The van der Waals surface area contributed by atoms with Crippen molar-refractivity contribution in [1.82, 2.24) is 14.6 Å². The van der Waals surface area contributed by atoms with E-state index in [1.54, 1.807) is 17.5 Å². The van der Waals surface area contributed by atoms with Gasteiger partial charge in [0.25, 0.3) is 0 Å². The third-order valence-electron chi connectivity index (χ3n) is 2.23. The molecule has 0 amide bonds. The lowest BCUT2D eigenvalue weighted by molar-refractivity contribution is 1.17. The van der Waals surface area contributed by atoms with E-state index in [4.69, 9.17) is 6.42 Å². The number of aromatic nitrogens is 3. The van der Waals surface area contributed by atoms with Gasteiger partial charge in [0.1, 0.15) is 5.69 Å². The quantitative estimate of drug-likeness (QED) is 0.567. The molecule has 1 N–H and O–H groups in total. The molecule has 17 heavy (non-hydrogen) atoms. The van der Waals surface area contributed by atoms with Crippen LogP contribution in [0.4, 0.5) is 5.69 Å². The van der Waals surface area contributed by atoms with Crippen molar-refractivity contribution in [3.05, 3.63) is 23.7 Å². The highest BCUT2D eigenvalue weighted by atomic mass is 32.1. The zero-order valence-electron chi connectivity index (χ0n) is 8.54. The van der Waals surface area contributed by atoms with Crippen molar-refractivity contribution in [2.45, 2.75) is 0 Å². The number of nitrogens with zero attached hydrogens (tertiary/aromatic N) is 3. The monoisotopic (exact) mass is 258 g/mol. The molecule has 3 rings (SSSR count). The Kier molecular flexibility index (Phi) is 2.48. The number of anilines is 1. The van der Waals surface area contributed by atoms with E-state index in [0.717, 1.165) is 26.5 Å². The van der Waals surface area contributed by atoms with Crippen molar-refractivity contribution in [3.8, 4) is 23.0 Å². The molecule has 0 radical (unpaired) electrons.